The third kappa shape index (κ3) is 2.02. The minimum Gasteiger partial charge on any atom is -0.492 e. The van der Waals surface area contributed by atoms with Crippen molar-refractivity contribution in [1.82, 2.24) is 30.8 Å². The highest BCUT2D eigenvalue weighted by atomic mass is 16.4. The van der Waals surface area contributed by atoms with Gasteiger partial charge in [-0.25, -0.2) is 0 Å². The Balaban J connectivity index is 1.71. The monoisotopic (exact) mass is 420 g/mol. The summed E-state index contributed by atoms with van der Waals surface area (Å²) in [4.78, 5) is 0. The van der Waals surface area contributed by atoms with Gasteiger partial charge in [-0.2, -0.15) is 10.5 Å². The number of rotatable bonds is 0. The van der Waals surface area contributed by atoms with E-state index in [0.717, 1.165) is 0 Å². The third-order valence-corrected chi connectivity index (χ3v) is 5.08. The fourth-order valence-corrected chi connectivity index (χ4v) is 3.65. The molecule has 0 N–H and O–H groups in total. The Morgan fingerprint density at radius 3 is 1.06 bits per heavy atom. The normalized spacial score (nSPS) is 11.7. The van der Waals surface area contributed by atoms with E-state index in [1.165, 1.54) is 0 Å². The molecule has 0 fully saturated rings. The molecule has 0 amide bonds. The largest absolute Gasteiger partial charge is 0.492 e. The maximum Gasteiger partial charge on any atom is 0.193 e. The molecule has 7 aromatic rings. The Morgan fingerprint density at radius 2 is 0.812 bits per heavy atom. The molecule has 4 heterocycles. The smallest absolute Gasteiger partial charge is 0.193 e. The number of fused-ring (bicyclic) bond motifs is 6. The molecular weight excluding hydrogens is 416 g/mol. The van der Waals surface area contributed by atoms with Crippen LogP contribution in [0.1, 0.15) is 11.1 Å². The van der Waals surface area contributed by atoms with Crippen LogP contribution in [0.4, 0.5) is 0 Å². The molecule has 4 aromatic heterocycles. The van der Waals surface area contributed by atoms with Crippen molar-refractivity contribution in [3.8, 4) is 12.1 Å². The van der Waals surface area contributed by atoms with Gasteiger partial charge >= 0.3 is 0 Å². The van der Waals surface area contributed by atoms with Crippen molar-refractivity contribution < 1.29 is 17.7 Å². The van der Waals surface area contributed by atoms with Crippen LogP contribution >= 0.6 is 0 Å². The third-order valence-electron chi connectivity index (χ3n) is 5.08. The summed E-state index contributed by atoms with van der Waals surface area (Å²) in [5.41, 5.74) is 3.30. The van der Waals surface area contributed by atoms with Crippen LogP contribution in [0.3, 0.4) is 0 Å². The average molecular weight is 420 g/mol. The minimum absolute atomic E-state index is 0.00363. The van der Waals surface area contributed by atoms with E-state index in [1.54, 1.807) is 24.3 Å². The predicted molar refractivity (Wildman–Crippen MR) is 105 cm³/mol. The van der Waals surface area contributed by atoms with Crippen LogP contribution in [0.5, 0.6) is 0 Å². The van der Waals surface area contributed by atoms with E-state index in [2.05, 4.69) is 43.0 Å². The second kappa shape index (κ2) is 5.62. The van der Waals surface area contributed by atoms with Gasteiger partial charge in [0.2, 0.25) is 0 Å². The van der Waals surface area contributed by atoms with Crippen molar-refractivity contribution in [2.75, 3.05) is 0 Å². The van der Waals surface area contributed by atoms with Gasteiger partial charge in [0.1, 0.15) is 23.3 Å². The highest BCUT2D eigenvalue weighted by molar-refractivity contribution is 6.03. The molecule has 0 radical (unpaired) electrons. The van der Waals surface area contributed by atoms with Crippen molar-refractivity contribution in [3.05, 3.63) is 35.4 Å². The molecule has 0 unspecified atom stereocenters. The van der Waals surface area contributed by atoms with Gasteiger partial charge in [-0.15, -0.1) is 0 Å². The molecule has 0 bridgehead atoms. The van der Waals surface area contributed by atoms with Crippen molar-refractivity contribution in [2.45, 2.75) is 0 Å². The molecule has 150 valence electrons. The Morgan fingerprint density at radius 1 is 0.531 bits per heavy atom. The van der Waals surface area contributed by atoms with E-state index in [-0.39, 0.29) is 33.5 Å². The summed E-state index contributed by atoms with van der Waals surface area (Å²) in [6.45, 7) is 0. The molecule has 0 aliphatic carbocycles. The predicted octanol–water partition coefficient (Wildman–Crippen LogP) is 3.34. The molecule has 0 aliphatic rings. The fraction of sp³-hybridized carbons (Fsp3) is 0. The average Bonchev–Trinajstić information content (AvgIpc) is 3.45. The summed E-state index contributed by atoms with van der Waals surface area (Å²) >= 11 is 0. The SMILES string of the molecule is N#Cc1c2oc3cc4n[n-]nc4cc3oc2c(C#N)c2oc3cc4n[n-]nc4cc3oc12. The van der Waals surface area contributed by atoms with E-state index in [0.29, 0.717) is 44.4 Å². The van der Waals surface area contributed by atoms with Crippen LogP contribution in [-0.2, 0) is 0 Å². The number of benzene rings is 3. The summed E-state index contributed by atoms with van der Waals surface area (Å²) in [6, 6.07) is 10.5. The number of hydrogen-bond acceptors (Lipinski definition) is 10. The molecule has 3 aromatic carbocycles. The van der Waals surface area contributed by atoms with Crippen molar-refractivity contribution in [2.24, 2.45) is 0 Å². The molecule has 0 spiro atoms. The van der Waals surface area contributed by atoms with Crippen molar-refractivity contribution in [3.63, 3.8) is 0 Å². The number of hydrogen-bond donors (Lipinski definition) is 0. The van der Waals surface area contributed by atoms with Crippen LogP contribution in [0, 0.1) is 22.7 Å². The molecule has 12 nitrogen and oxygen atoms in total. The Hall–Kier alpha value is -5.36. The lowest BCUT2D eigenvalue weighted by atomic mass is 10.1. The molecule has 7 rings (SSSR count). The summed E-state index contributed by atoms with van der Waals surface area (Å²) in [5.74, 6) is 0. The summed E-state index contributed by atoms with van der Waals surface area (Å²) in [5, 5.41) is 42.7. The van der Waals surface area contributed by atoms with E-state index in [1.807, 2.05) is 0 Å². The first-order valence-corrected chi connectivity index (χ1v) is 9.08. The number of aromatic nitrogens is 6. The summed E-state index contributed by atoms with van der Waals surface area (Å²) in [7, 11) is 0. The first-order valence-electron chi connectivity index (χ1n) is 9.08. The Bertz CT molecular complexity index is 1760. The van der Waals surface area contributed by atoms with Crippen molar-refractivity contribution in [1.29, 1.82) is 10.5 Å². The minimum atomic E-state index is 0.00363. The van der Waals surface area contributed by atoms with E-state index >= 15 is 0 Å². The highest BCUT2D eigenvalue weighted by Gasteiger charge is 2.24. The van der Waals surface area contributed by atoms with Gasteiger partial charge in [0.15, 0.2) is 44.7 Å². The zero-order valence-corrected chi connectivity index (χ0v) is 15.5. The van der Waals surface area contributed by atoms with Crippen LogP contribution in [-0.4, -0.2) is 20.4 Å². The lowest BCUT2D eigenvalue weighted by molar-refractivity contribution is 0.563. The van der Waals surface area contributed by atoms with Gasteiger partial charge in [0.05, 0.1) is 22.1 Å². The number of nitrogens with zero attached hydrogens (tertiary/aromatic N) is 8. The van der Waals surface area contributed by atoms with Gasteiger partial charge in [0.25, 0.3) is 0 Å². The maximum absolute atomic E-state index is 9.92. The van der Waals surface area contributed by atoms with Gasteiger partial charge in [-0.1, -0.05) is 0 Å². The molecule has 32 heavy (non-hydrogen) atoms. The quantitative estimate of drug-likeness (QED) is 0.327. The van der Waals surface area contributed by atoms with Crippen LogP contribution < -0.4 is 10.4 Å². The molecule has 0 atom stereocenters. The molecule has 0 aliphatic heterocycles. The van der Waals surface area contributed by atoms with Crippen LogP contribution in [0.15, 0.2) is 41.9 Å². The van der Waals surface area contributed by atoms with Crippen molar-refractivity contribution >= 4 is 66.7 Å². The van der Waals surface area contributed by atoms with Crippen LogP contribution in [0.25, 0.3) is 66.7 Å². The second-order valence-corrected chi connectivity index (χ2v) is 6.85. The van der Waals surface area contributed by atoms with Crippen LogP contribution in [0.2, 0.25) is 0 Å². The Labute approximate surface area is 173 Å². The molecule has 0 saturated carbocycles. The Kier molecular flexibility index (Phi) is 2.89. The lowest BCUT2D eigenvalue weighted by Crippen LogP contribution is -1.92. The van der Waals surface area contributed by atoms with Gasteiger partial charge < -0.3 is 48.5 Å². The van der Waals surface area contributed by atoms with Gasteiger partial charge in [-0.3, -0.25) is 0 Å². The van der Waals surface area contributed by atoms with E-state index in [9.17, 15) is 10.5 Å². The zero-order chi connectivity index (χ0) is 21.4. The zero-order valence-electron chi connectivity index (χ0n) is 15.5. The summed E-state index contributed by atoms with van der Waals surface area (Å²) < 4.78 is 23.9. The fourth-order valence-electron chi connectivity index (χ4n) is 3.65. The molecular formula is C20H4N8O4-2. The first-order chi connectivity index (χ1) is 15.7. The molecule has 0 saturated heterocycles. The van der Waals surface area contributed by atoms with Gasteiger partial charge in [0, 0.05) is 24.3 Å². The lowest BCUT2D eigenvalue weighted by Gasteiger charge is -2.09. The van der Waals surface area contributed by atoms with E-state index < -0.39 is 0 Å². The maximum atomic E-state index is 9.92. The topological polar surface area (TPSA) is 180 Å². The number of nitriles is 2. The highest BCUT2D eigenvalue weighted by Crippen LogP contribution is 2.37. The van der Waals surface area contributed by atoms with E-state index in [4.69, 9.17) is 17.7 Å². The second-order valence-electron chi connectivity index (χ2n) is 6.85. The summed E-state index contributed by atoms with van der Waals surface area (Å²) in [6.07, 6.45) is 0. The van der Waals surface area contributed by atoms with Gasteiger partial charge in [-0.05, 0) is 0 Å². The molecule has 12 heteroatoms. The first kappa shape index (κ1) is 16.4. The standard InChI is InChI=1S/C20H4N8O4/c21-5-7-17-18(30-14-2-10-9(23-27-24-10)1-13(14)29-17)8(6-22)20-19(7)31-15-3-11-12(26-28-25-11)4-16(15)32-20/h1-4H/q-2.